The fourth-order valence-electron chi connectivity index (χ4n) is 1.43. The van der Waals surface area contributed by atoms with Gasteiger partial charge in [0.2, 0.25) is 0 Å². The number of alkyl halides is 4. The van der Waals surface area contributed by atoms with Gasteiger partial charge in [-0.25, -0.2) is 0 Å². The van der Waals surface area contributed by atoms with Crippen molar-refractivity contribution >= 4 is 17.5 Å². The standard InChI is InChI=1S/C11H12ClF3N2O/c1-8-6-9(2-4-16-8)10(18)17(5-3-12)7-11(13,14)15/h2,4,6H,3,5,7H2,1H3. The lowest BCUT2D eigenvalue weighted by atomic mass is 10.2. The van der Waals surface area contributed by atoms with Crippen LogP contribution >= 0.6 is 11.6 Å². The summed E-state index contributed by atoms with van der Waals surface area (Å²) in [6, 6.07) is 2.83. The third-order valence-electron chi connectivity index (χ3n) is 2.16. The fraction of sp³-hybridized carbons (Fsp3) is 0.455. The predicted octanol–water partition coefficient (Wildman–Crippen LogP) is 2.63. The number of halogens is 4. The van der Waals surface area contributed by atoms with E-state index < -0.39 is 18.6 Å². The highest BCUT2D eigenvalue weighted by Gasteiger charge is 2.33. The summed E-state index contributed by atoms with van der Waals surface area (Å²) in [6.07, 6.45) is -3.06. The maximum atomic E-state index is 12.3. The molecule has 0 aliphatic carbocycles. The van der Waals surface area contributed by atoms with Gasteiger partial charge in [0.15, 0.2) is 0 Å². The zero-order valence-corrected chi connectivity index (χ0v) is 10.4. The number of hydrogen-bond acceptors (Lipinski definition) is 2. The molecule has 100 valence electrons. The predicted molar refractivity (Wildman–Crippen MR) is 61.7 cm³/mol. The Hall–Kier alpha value is -1.30. The minimum atomic E-state index is -4.44. The van der Waals surface area contributed by atoms with Crippen LogP contribution in [0.2, 0.25) is 0 Å². The molecule has 0 saturated carbocycles. The Kier molecular flexibility index (Phi) is 4.95. The molecule has 0 aliphatic heterocycles. The van der Waals surface area contributed by atoms with E-state index in [0.717, 1.165) is 0 Å². The van der Waals surface area contributed by atoms with Crippen LogP contribution in [0.3, 0.4) is 0 Å². The van der Waals surface area contributed by atoms with Gasteiger partial charge >= 0.3 is 6.18 Å². The molecule has 0 radical (unpaired) electrons. The van der Waals surface area contributed by atoms with E-state index in [4.69, 9.17) is 11.6 Å². The Balaban J connectivity index is 2.89. The fourth-order valence-corrected chi connectivity index (χ4v) is 1.64. The van der Waals surface area contributed by atoms with Crippen molar-refractivity contribution in [1.82, 2.24) is 9.88 Å². The quantitative estimate of drug-likeness (QED) is 0.795. The van der Waals surface area contributed by atoms with Crippen LogP contribution in [0.25, 0.3) is 0 Å². The molecule has 1 rings (SSSR count). The molecular weight excluding hydrogens is 269 g/mol. The van der Waals surface area contributed by atoms with Crippen molar-refractivity contribution in [3.63, 3.8) is 0 Å². The highest BCUT2D eigenvalue weighted by molar-refractivity contribution is 6.18. The molecule has 0 atom stereocenters. The molecule has 18 heavy (non-hydrogen) atoms. The average Bonchev–Trinajstić information content (AvgIpc) is 2.26. The topological polar surface area (TPSA) is 33.2 Å². The van der Waals surface area contributed by atoms with Gasteiger partial charge in [-0.1, -0.05) is 0 Å². The first-order chi connectivity index (χ1) is 8.33. The Morgan fingerprint density at radius 3 is 2.67 bits per heavy atom. The minimum Gasteiger partial charge on any atom is -0.328 e. The van der Waals surface area contributed by atoms with E-state index in [9.17, 15) is 18.0 Å². The van der Waals surface area contributed by atoms with Crippen LogP contribution in [0.1, 0.15) is 16.1 Å². The first-order valence-corrected chi connectivity index (χ1v) is 5.71. The van der Waals surface area contributed by atoms with Gasteiger partial charge in [0.1, 0.15) is 6.54 Å². The number of carbonyl (C=O) groups is 1. The molecule has 0 bridgehead atoms. The summed E-state index contributed by atoms with van der Waals surface area (Å²) < 4.78 is 37.0. The Labute approximate surface area is 108 Å². The highest BCUT2D eigenvalue weighted by Crippen LogP contribution is 2.18. The van der Waals surface area contributed by atoms with Gasteiger partial charge in [-0.15, -0.1) is 11.6 Å². The van der Waals surface area contributed by atoms with Gasteiger partial charge in [0, 0.05) is 29.9 Å². The maximum absolute atomic E-state index is 12.3. The monoisotopic (exact) mass is 280 g/mol. The second-order valence-corrected chi connectivity index (χ2v) is 4.09. The lowest BCUT2D eigenvalue weighted by Gasteiger charge is -2.23. The van der Waals surface area contributed by atoms with E-state index in [1.165, 1.54) is 18.3 Å². The van der Waals surface area contributed by atoms with Crippen LogP contribution in [0.5, 0.6) is 0 Å². The lowest BCUT2D eigenvalue weighted by molar-refractivity contribution is -0.140. The summed E-state index contributed by atoms with van der Waals surface area (Å²) in [5.41, 5.74) is 0.746. The van der Waals surface area contributed by atoms with Crippen molar-refractivity contribution in [2.75, 3.05) is 19.0 Å². The number of carbonyl (C=O) groups excluding carboxylic acids is 1. The summed E-state index contributed by atoms with van der Waals surface area (Å²) in [5, 5.41) is 0. The highest BCUT2D eigenvalue weighted by atomic mass is 35.5. The average molecular weight is 281 g/mol. The molecule has 0 aliphatic rings. The summed E-state index contributed by atoms with van der Waals surface area (Å²) in [7, 11) is 0. The Morgan fingerprint density at radius 1 is 1.50 bits per heavy atom. The van der Waals surface area contributed by atoms with E-state index in [-0.39, 0.29) is 18.0 Å². The third-order valence-corrected chi connectivity index (χ3v) is 2.32. The molecule has 1 aromatic heterocycles. The van der Waals surface area contributed by atoms with Gasteiger partial charge in [0.05, 0.1) is 0 Å². The maximum Gasteiger partial charge on any atom is 0.406 e. The first kappa shape index (κ1) is 14.8. The number of aromatic nitrogens is 1. The Bertz CT molecular complexity index is 423. The minimum absolute atomic E-state index is 0.0497. The van der Waals surface area contributed by atoms with Crippen molar-refractivity contribution < 1.29 is 18.0 Å². The van der Waals surface area contributed by atoms with E-state index >= 15 is 0 Å². The first-order valence-electron chi connectivity index (χ1n) is 5.18. The van der Waals surface area contributed by atoms with Crippen molar-refractivity contribution in [2.45, 2.75) is 13.1 Å². The zero-order chi connectivity index (χ0) is 13.8. The van der Waals surface area contributed by atoms with Crippen LogP contribution in [0.4, 0.5) is 13.2 Å². The number of hydrogen-bond donors (Lipinski definition) is 0. The Morgan fingerprint density at radius 2 is 2.17 bits per heavy atom. The second-order valence-electron chi connectivity index (χ2n) is 3.72. The summed E-state index contributed by atoms with van der Waals surface area (Å²) in [4.78, 5) is 16.5. The van der Waals surface area contributed by atoms with Crippen LogP contribution in [0, 0.1) is 6.92 Å². The lowest BCUT2D eigenvalue weighted by Crippen LogP contribution is -2.40. The van der Waals surface area contributed by atoms with Crippen LogP contribution < -0.4 is 0 Å². The van der Waals surface area contributed by atoms with E-state index in [1.807, 2.05) is 0 Å². The number of nitrogens with zero attached hydrogens (tertiary/aromatic N) is 2. The summed E-state index contributed by atoms with van der Waals surface area (Å²) >= 11 is 5.41. The summed E-state index contributed by atoms with van der Waals surface area (Å²) in [6.45, 7) is 0.202. The number of amides is 1. The van der Waals surface area contributed by atoms with Gasteiger partial charge < -0.3 is 4.90 Å². The molecule has 0 N–H and O–H groups in total. The SMILES string of the molecule is Cc1cc(C(=O)N(CCCl)CC(F)(F)F)ccn1. The van der Waals surface area contributed by atoms with Crippen LogP contribution in [-0.2, 0) is 0 Å². The van der Waals surface area contributed by atoms with E-state index in [2.05, 4.69) is 4.98 Å². The molecule has 3 nitrogen and oxygen atoms in total. The molecule has 0 aromatic carbocycles. The number of rotatable bonds is 4. The molecule has 0 saturated heterocycles. The van der Waals surface area contributed by atoms with E-state index in [1.54, 1.807) is 6.92 Å². The molecule has 1 aromatic rings. The molecule has 0 unspecified atom stereocenters. The van der Waals surface area contributed by atoms with Gasteiger partial charge in [-0.05, 0) is 19.1 Å². The van der Waals surface area contributed by atoms with Crippen molar-refractivity contribution in [3.8, 4) is 0 Å². The van der Waals surface area contributed by atoms with Crippen LogP contribution in [0.15, 0.2) is 18.3 Å². The zero-order valence-electron chi connectivity index (χ0n) is 9.67. The van der Waals surface area contributed by atoms with Gasteiger partial charge in [0.25, 0.3) is 5.91 Å². The summed E-state index contributed by atoms with van der Waals surface area (Å²) in [5.74, 6) is -0.746. The van der Waals surface area contributed by atoms with Gasteiger partial charge in [-0.2, -0.15) is 13.2 Å². The molecule has 0 spiro atoms. The largest absolute Gasteiger partial charge is 0.406 e. The second kappa shape index (κ2) is 6.04. The molecule has 7 heteroatoms. The normalized spacial score (nSPS) is 11.4. The van der Waals surface area contributed by atoms with Crippen LogP contribution in [-0.4, -0.2) is 40.9 Å². The smallest absolute Gasteiger partial charge is 0.328 e. The number of pyridine rings is 1. The van der Waals surface area contributed by atoms with Gasteiger partial charge in [-0.3, -0.25) is 9.78 Å². The molecule has 1 heterocycles. The van der Waals surface area contributed by atoms with E-state index in [0.29, 0.717) is 10.6 Å². The molecule has 0 fully saturated rings. The molecule has 1 amide bonds. The molecular formula is C11H12ClF3N2O. The third kappa shape index (κ3) is 4.52. The number of aryl methyl sites for hydroxylation is 1. The van der Waals surface area contributed by atoms with Crippen molar-refractivity contribution in [1.29, 1.82) is 0 Å². The van der Waals surface area contributed by atoms with Crippen molar-refractivity contribution in [3.05, 3.63) is 29.6 Å². The van der Waals surface area contributed by atoms with Crippen molar-refractivity contribution in [2.24, 2.45) is 0 Å².